The van der Waals surface area contributed by atoms with Crippen LogP contribution in [0.2, 0.25) is 0 Å². The molecule has 2 aromatic rings. The second-order valence-corrected chi connectivity index (χ2v) is 7.28. The van der Waals surface area contributed by atoms with E-state index in [1.807, 2.05) is 60.7 Å². The molecule has 0 aliphatic carbocycles. The minimum atomic E-state index is -0.664. The molecule has 1 saturated heterocycles. The first kappa shape index (κ1) is 20.0. The zero-order chi connectivity index (χ0) is 19.9. The van der Waals surface area contributed by atoms with Crippen molar-refractivity contribution in [1.29, 1.82) is 0 Å². The van der Waals surface area contributed by atoms with Gasteiger partial charge in [-0.2, -0.15) is 0 Å². The van der Waals surface area contributed by atoms with Crippen LogP contribution < -0.4 is 10.6 Å². The fraction of sp³-hybridized carbons (Fsp3) is 0.364. The van der Waals surface area contributed by atoms with Crippen LogP contribution in [0, 0.1) is 0 Å². The molecule has 28 heavy (non-hydrogen) atoms. The molecule has 0 unspecified atom stereocenters. The molecule has 3 N–H and O–H groups in total. The predicted octanol–water partition coefficient (Wildman–Crippen LogP) is 1.10. The standard InChI is InChI=1S/C22H27N3O3/c1-25(15-17-10-6-3-7-11-17)22(28)20(12-16-8-4-2-5-9-16)24-21(27)19-13-18(26)14-23-19/h2-11,18-20,23,26H,12-15H2,1H3,(H,24,27)/t18-,19-,20-/m0/s1. The summed E-state index contributed by atoms with van der Waals surface area (Å²) >= 11 is 0. The van der Waals surface area contributed by atoms with Crippen LogP contribution in [0.25, 0.3) is 0 Å². The second kappa shape index (κ2) is 9.48. The van der Waals surface area contributed by atoms with E-state index in [1.165, 1.54) is 0 Å². The molecule has 1 fully saturated rings. The Bertz CT molecular complexity index is 782. The van der Waals surface area contributed by atoms with Crippen molar-refractivity contribution in [2.45, 2.75) is 37.6 Å². The zero-order valence-corrected chi connectivity index (χ0v) is 16.0. The van der Waals surface area contributed by atoms with Crippen molar-refractivity contribution < 1.29 is 14.7 Å². The number of rotatable bonds is 7. The average Bonchev–Trinajstić information content (AvgIpc) is 3.15. The number of aliphatic hydroxyl groups is 1. The van der Waals surface area contributed by atoms with Gasteiger partial charge in [-0.3, -0.25) is 9.59 Å². The van der Waals surface area contributed by atoms with Gasteiger partial charge in [-0.25, -0.2) is 0 Å². The van der Waals surface area contributed by atoms with Gasteiger partial charge in [0, 0.05) is 26.6 Å². The van der Waals surface area contributed by atoms with Crippen LogP contribution in [0.1, 0.15) is 17.5 Å². The van der Waals surface area contributed by atoms with E-state index < -0.39 is 18.2 Å². The Kier molecular flexibility index (Phi) is 6.79. The highest BCUT2D eigenvalue weighted by Crippen LogP contribution is 2.11. The Labute approximate surface area is 165 Å². The maximum atomic E-state index is 13.1. The van der Waals surface area contributed by atoms with Crippen LogP contribution in [-0.4, -0.2) is 53.6 Å². The summed E-state index contributed by atoms with van der Waals surface area (Å²) in [5, 5.41) is 15.5. The Morgan fingerprint density at radius 1 is 1.11 bits per heavy atom. The number of carbonyl (C=O) groups excluding carboxylic acids is 2. The van der Waals surface area contributed by atoms with Crippen molar-refractivity contribution in [3.63, 3.8) is 0 Å². The molecule has 2 amide bonds. The van der Waals surface area contributed by atoms with Gasteiger partial charge in [0.2, 0.25) is 11.8 Å². The monoisotopic (exact) mass is 381 g/mol. The highest BCUT2D eigenvalue weighted by Gasteiger charge is 2.32. The predicted molar refractivity (Wildman–Crippen MR) is 107 cm³/mol. The molecule has 3 atom stereocenters. The van der Waals surface area contributed by atoms with Gasteiger partial charge < -0.3 is 20.6 Å². The molecule has 6 nitrogen and oxygen atoms in total. The lowest BCUT2D eigenvalue weighted by Gasteiger charge is -2.26. The summed E-state index contributed by atoms with van der Waals surface area (Å²) in [7, 11) is 1.75. The smallest absolute Gasteiger partial charge is 0.245 e. The lowest BCUT2D eigenvalue weighted by Crippen LogP contribution is -2.52. The van der Waals surface area contributed by atoms with Crippen LogP contribution in [0.3, 0.4) is 0 Å². The summed E-state index contributed by atoms with van der Waals surface area (Å²) in [4.78, 5) is 27.4. The van der Waals surface area contributed by atoms with E-state index in [4.69, 9.17) is 0 Å². The van der Waals surface area contributed by atoms with E-state index in [0.717, 1.165) is 11.1 Å². The number of aliphatic hydroxyl groups excluding tert-OH is 1. The molecule has 0 spiro atoms. The summed E-state index contributed by atoms with van der Waals surface area (Å²) in [5.41, 5.74) is 2.01. The van der Waals surface area contributed by atoms with E-state index >= 15 is 0 Å². The van der Waals surface area contributed by atoms with Crippen molar-refractivity contribution in [1.82, 2.24) is 15.5 Å². The molecule has 1 aliphatic rings. The van der Waals surface area contributed by atoms with E-state index in [1.54, 1.807) is 11.9 Å². The van der Waals surface area contributed by atoms with Crippen molar-refractivity contribution in [3.8, 4) is 0 Å². The van der Waals surface area contributed by atoms with E-state index in [0.29, 0.717) is 25.9 Å². The number of likely N-dealkylation sites (N-methyl/N-ethyl adjacent to an activating group) is 1. The molecule has 1 heterocycles. The van der Waals surface area contributed by atoms with Crippen LogP contribution in [0.5, 0.6) is 0 Å². The average molecular weight is 381 g/mol. The first-order chi connectivity index (χ1) is 13.5. The molecule has 0 saturated carbocycles. The summed E-state index contributed by atoms with van der Waals surface area (Å²) in [6, 6.07) is 18.3. The largest absolute Gasteiger partial charge is 0.392 e. The Balaban J connectivity index is 1.70. The molecule has 1 aliphatic heterocycles. The zero-order valence-electron chi connectivity index (χ0n) is 16.0. The fourth-order valence-corrected chi connectivity index (χ4v) is 3.44. The number of β-amino-alcohol motifs (C(OH)–C–C–N with tert-alkyl or cyclic N) is 1. The third-order valence-electron chi connectivity index (χ3n) is 4.96. The Hall–Kier alpha value is -2.70. The van der Waals surface area contributed by atoms with Gasteiger partial charge in [0.1, 0.15) is 6.04 Å². The van der Waals surface area contributed by atoms with E-state index in [-0.39, 0.29) is 11.8 Å². The van der Waals surface area contributed by atoms with Gasteiger partial charge >= 0.3 is 0 Å². The molecule has 0 aromatic heterocycles. The minimum absolute atomic E-state index is 0.139. The highest BCUT2D eigenvalue weighted by molar-refractivity contribution is 5.90. The molecule has 3 rings (SSSR count). The topological polar surface area (TPSA) is 81.7 Å². The lowest BCUT2D eigenvalue weighted by atomic mass is 10.0. The van der Waals surface area contributed by atoms with Crippen molar-refractivity contribution in [3.05, 3.63) is 71.8 Å². The van der Waals surface area contributed by atoms with Crippen LogP contribution >= 0.6 is 0 Å². The molecular weight excluding hydrogens is 354 g/mol. The van der Waals surface area contributed by atoms with Crippen LogP contribution in [-0.2, 0) is 22.6 Å². The number of nitrogens with one attached hydrogen (secondary N) is 2. The Morgan fingerprint density at radius 3 is 2.29 bits per heavy atom. The SMILES string of the molecule is CN(Cc1ccccc1)C(=O)[C@H](Cc1ccccc1)NC(=O)[C@@H]1C[C@H](O)CN1. The maximum absolute atomic E-state index is 13.1. The number of hydrogen-bond acceptors (Lipinski definition) is 4. The van der Waals surface area contributed by atoms with Crippen molar-refractivity contribution in [2.24, 2.45) is 0 Å². The van der Waals surface area contributed by atoms with Crippen molar-refractivity contribution in [2.75, 3.05) is 13.6 Å². The summed E-state index contributed by atoms with van der Waals surface area (Å²) in [5.74, 6) is -0.390. The van der Waals surface area contributed by atoms with Crippen LogP contribution in [0.15, 0.2) is 60.7 Å². The number of carbonyl (C=O) groups is 2. The first-order valence-corrected chi connectivity index (χ1v) is 9.57. The Morgan fingerprint density at radius 2 is 1.71 bits per heavy atom. The molecule has 6 heteroatoms. The highest BCUT2D eigenvalue weighted by atomic mass is 16.3. The molecule has 148 valence electrons. The maximum Gasteiger partial charge on any atom is 0.245 e. The number of hydrogen-bond donors (Lipinski definition) is 3. The summed E-state index contributed by atoms with van der Waals surface area (Å²) in [6.07, 6.45) is 0.248. The molecular formula is C22H27N3O3. The lowest BCUT2D eigenvalue weighted by molar-refractivity contribution is -0.136. The van der Waals surface area contributed by atoms with Crippen molar-refractivity contribution >= 4 is 11.8 Å². The minimum Gasteiger partial charge on any atom is -0.392 e. The number of benzene rings is 2. The number of amides is 2. The third-order valence-corrected chi connectivity index (χ3v) is 4.96. The normalized spacial score (nSPS) is 19.8. The van der Waals surface area contributed by atoms with Gasteiger partial charge in [0.15, 0.2) is 0 Å². The third kappa shape index (κ3) is 5.41. The van der Waals surface area contributed by atoms with Crippen LogP contribution in [0.4, 0.5) is 0 Å². The van der Waals surface area contributed by atoms with Gasteiger partial charge in [-0.05, 0) is 17.5 Å². The quantitative estimate of drug-likeness (QED) is 0.671. The fourth-order valence-electron chi connectivity index (χ4n) is 3.44. The number of nitrogens with zero attached hydrogens (tertiary/aromatic N) is 1. The van der Waals surface area contributed by atoms with E-state index in [2.05, 4.69) is 10.6 Å². The molecule has 0 radical (unpaired) electrons. The summed E-state index contributed by atoms with van der Waals surface area (Å²) < 4.78 is 0. The van der Waals surface area contributed by atoms with Gasteiger partial charge in [-0.15, -0.1) is 0 Å². The molecule has 2 aromatic carbocycles. The van der Waals surface area contributed by atoms with Gasteiger partial charge in [-0.1, -0.05) is 60.7 Å². The molecule has 0 bridgehead atoms. The second-order valence-electron chi connectivity index (χ2n) is 7.28. The van der Waals surface area contributed by atoms with Gasteiger partial charge in [0.25, 0.3) is 0 Å². The first-order valence-electron chi connectivity index (χ1n) is 9.57. The van der Waals surface area contributed by atoms with E-state index in [9.17, 15) is 14.7 Å². The summed E-state index contributed by atoms with van der Waals surface area (Å²) in [6.45, 7) is 0.866. The van der Waals surface area contributed by atoms with Gasteiger partial charge in [0.05, 0.1) is 12.1 Å².